The van der Waals surface area contributed by atoms with Gasteiger partial charge in [-0.2, -0.15) is 5.10 Å². The van der Waals surface area contributed by atoms with Crippen LogP contribution in [-0.4, -0.2) is 51.8 Å². The van der Waals surface area contributed by atoms with Crippen molar-refractivity contribution < 1.29 is 4.79 Å². The van der Waals surface area contributed by atoms with E-state index in [2.05, 4.69) is 21.0 Å². The van der Waals surface area contributed by atoms with E-state index in [9.17, 15) is 4.79 Å². The topological polar surface area (TPSA) is 54.3 Å². The Hall–Kier alpha value is -3.67. The van der Waals surface area contributed by atoms with Gasteiger partial charge in [0.2, 0.25) is 0 Å². The molecule has 6 nitrogen and oxygen atoms in total. The summed E-state index contributed by atoms with van der Waals surface area (Å²) in [5.74, 6) is 0.0957. The van der Waals surface area contributed by atoms with Gasteiger partial charge in [0, 0.05) is 68.6 Å². The normalized spacial score (nSPS) is 14.3. The summed E-state index contributed by atoms with van der Waals surface area (Å²) in [6, 6.07) is 16.2. The standard InChI is InChI=1S/C24H23N5O/c1-27-17-18(16-26-27)20-6-7-23(22-5-3-2-4-21(20)22)24(30)29-14-12-28(13-15-29)19-8-10-25-11-9-19/h2-11,16-17H,12-15H2,1H3. The molecule has 0 bridgehead atoms. The van der Waals surface area contributed by atoms with Crippen molar-refractivity contribution in [3.63, 3.8) is 0 Å². The minimum absolute atomic E-state index is 0.0957. The molecule has 150 valence electrons. The maximum atomic E-state index is 13.4. The van der Waals surface area contributed by atoms with Gasteiger partial charge < -0.3 is 9.80 Å². The summed E-state index contributed by atoms with van der Waals surface area (Å²) < 4.78 is 1.80. The van der Waals surface area contributed by atoms with Gasteiger partial charge >= 0.3 is 0 Å². The zero-order chi connectivity index (χ0) is 20.5. The van der Waals surface area contributed by atoms with E-state index in [1.54, 1.807) is 4.68 Å². The van der Waals surface area contributed by atoms with E-state index in [4.69, 9.17) is 0 Å². The molecule has 0 spiro atoms. The van der Waals surface area contributed by atoms with E-state index in [1.165, 1.54) is 0 Å². The highest BCUT2D eigenvalue weighted by Crippen LogP contribution is 2.31. The monoisotopic (exact) mass is 397 g/mol. The Balaban J connectivity index is 1.42. The van der Waals surface area contributed by atoms with Crippen LogP contribution in [0.4, 0.5) is 5.69 Å². The molecule has 1 aliphatic rings. The highest BCUT2D eigenvalue weighted by Gasteiger charge is 2.24. The van der Waals surface area contributed by atoms with Gasteiger partial charge in [-0.05, 0) is 34.5 Å². The molecule has 0 N–H and O–H groups in total. The molecule has 0 unspecified atom stereocenters. The van der Waals surface area contributed by atoms with Crippen LogP contribution in [0.2, 0.25) is 0 Å². The zero-order valence-electron chi connectivity index (χ0n) is 16.9. The Kier molecular flexibility index (Phi) is 4.67. The molecule has 0 aliphatic carbocycles. The van der Waals surface area contributed by atoms with Crippen molar-refractivity contribution in [2.45, 2.75) is 0 Å². The van der Waals surface area contributed by atoms with Gasteiger partial charge in [-0.3, -0.25) is 14.5 Å². The van der Waals surface area contributed by atoms with Crippen molar-refractivity contribution in [1.29, 1.82) is 0 Å². The molecule has 2 aromatic carbocycles. The maximum Gasteiger partial charge on any atom is 0.254 e. The van der Waals surface area contributed by atoms with Crippen LogP contribution in [0.15, 0.2) is 73.3 Å². The number of hydrogen-bond donors (Lipinski definition) is 0. The molecule has 30 heavy (non-hydrogen) atoms. The highest BCUT2D eigenvalue weighted by molar-refractivity contribution is 6.11. The number of aromatic nitrogens is 3. The number of fused-ring (bicyclic) bond motifs is 1. The number of nitrogens with zero attached hydrogens (tertiary/aromatic N) is 5. The van der Waals surface area contributed by atoms with E-state index in [1.807, 2.05) is 79.2 Å². The average molecular weight is 397 g/mol. The van der Waals surface area contributed by atoms with Gasteiger partial charge in [-0.1, -0.05) is 30.3 Å². The number of hydrogen-bond acceptors (Lipinski definition) is 4. The van der Waals surface area contributed by atoms with Crippen LogP contribution >= 0.6 is 0 Å². The fraction of sp³-hybridized carbons (Fsp3) is 0.208. The third-order valence-electron chi connectivity index (χ3n) is 5.77. The predicted octanol–water partition coefficient (Wildman–Crippen LogP) is 3.60. The summed E-state index contributed by atoms with van der Waals surface area (Å²) in [6.07, 6.45) is 7.48. The number of anilines is 1. The second-order valence-corrected chi connectivity index (χ2v) is 7.59. The van der Waals surface area contributed by atoms with E-state index in [-0.39, 0.29) is 5.91 Å². The van der Waals surface area contributed by atoms with Crippen LogP contribution in [0.3, 0.4) is 0 Å². The number of benzene rings is 2. The van der Waals surface area contributed by atoms with Crippen LogP contribution in [-0.2, 0) is 7.05 Å². The smallest absolute Gasteiger partial charge is 0.254 e. The molecule has 3 heterocycles. The van der Waals surface area contributed by atoms with Crippen molar-refractivity contribution in [2.24, 2.45) is 7.05 Å². The lowest BCUT2D eigenvalue weighted by atomic mass is 9.96. The van der Waals surface area contributed by atoms with E-state index >= 15 is 0 Å². The summed E-state index contributed by atoms with van der Waals surface area (Å²) in [6.45, 7) is 3.06. The van der Waals surface area contributed by atoms with Gasteiger partial charge in [-0.15, -0.1) is 0 Å². The first kappa shape index (κ1) is 18.4. The first-order valence-electron chi connectivity index (χ1n) is 10.2. The van der Waals surface area contributed by atoms with Crippen molar-refractivity contribution in [2.75, 3.05) is 31.1 Å². The first-order valence-corrected chi connectivity index (χ1v) is 10.2. The summed E-state index contributed by atoms with van der Waals surface area (Å²) in [5, 5.41) is 6.36. The molecule has 1 amide bonds. The Labute approximate surface area is 175 Å². The van der Waals surface area contributed by atoms with Gasteiger partial charge in [0.1, 0.15) is 0 Å². The van der Waals surface area contributed by atoms with E-state index in [0.717, 1.165) is 46.2 Å². The molecule has 6 heteroatoms. The molecule has 0 atom stereocenters. The molecular formula is C24H23N5O. The van der Waals surface area contributed by atoms with Gasteiger partial charge in [0.25, 0.3) is 5.91 Å². The van der Waals surface area contributed by atoms with E-state index in [0.29, 0.717) is 13.1 Å². The Morgan fingerprint density at radius 3 is 2.33 bits per heavy atom. The molecule has 1 fully saturated rings. The number of amides is 1. The fourth-order valence-corrected chi connectivity index (χ4v) is 4.19. The van der Waals surface area contributed by atoms with Crippen molar-refractivity contribution in [3.05, 3.63) is 78.9 Å². The SMILES string of the molecule is Cn1cc(-c2ccc(C(=O)N3CCN(c4ccncc4)CC3)c3ccccc23)cn1. The number of rotatable bonds is 3. The first-order chi connectivity index (χ1) is 14.7. The van der Waals surface area contributed by atoms with Crippen LogP contribution in [0.1, 0.15) is 10.4 Å². The molecule has 1 saturated heterocycles. The second-order valence-electron chi connectivity index (χ2n) is 7.59. The van der Waals surface area contributed by atoms with Crippen LogP contribution in [0, 0.1) is 0 Å². The summed E-state index contributed by atoms with van der Waals surface area (Å²) in [4.78, 5) is 21.7. The Morgan fingerprint density at radius 2 is 1.63 bits per heavy atom. The molecule has 5 rings (SSSR count). The third kappa shape index (κ3) is 3.30. The van der Waals surface area contributed by atoms with Gasteiger partial charge in [-0.25, -0.2) is 0 Å². The number of pyridine rings is 1. The van der Waals surface area contributed by atoms with Crippen LogP contribution in [0.5, 0.6) is 0 Å². The fourth-order valence-electron chi connectivity index (χ4n) is 4.19. The highest BCUT2D eigenvalue weighted by atomic mass is 16.2. The molecule has 2 aromatic heterocycles. The van der Waals surface area contributed by atoms with Crippen molar-refractivity contribution in [1.82, 2.24) is 19.7 Å². The molecule has 1 aliphatic heterocycles. The average Bonchev–Trinajstić information content (AvgIpc) is 3.24. The lowest BCUT2D eigenvalue weighted by Crippen LogP contribution is -2.48. The maximum absolute atomic E-state index is 13.4. The molecule has 0 radical (unpaired) electrons. The number of piperazine rings is 1. The molecular weight excluding hydrogens is 374 g/mol. The van der Waals surface area contributed by atoms with Gasteiger partial charge in [0.05, 0.1) is 6.20 Å². The lowest BCUT2D eigenvalue weighted by molar-refractivity contribution is 0.0749. The summed E-state index contributed by atoms with van der Waals surface area (Å²) >= 11 is 0. The van der Waals surface area contributed by atoms with Crippen molar-refractivity contribution >= 4 is 22.4 Å². The Morgan fingerprint density at radius 1 is 0.900 bits per heavy atom. The predicted molar refractivity (Wildman–Crippen MR) is 119 cm³/mol. The molecule has 0 saturated carbocycles. The zero-order valence-corrected chi connectivity index (χ0v) is 16.9. The minimum atomic E-state index is 0.0957. The van der Waals surface area contributed by atoms with E-state index < -0.39 is 0 Å². The van der Waals surface area contributed by atoms with Gasteiger partial charge in [0.15, 0.2) is 0 Å². The quantitative estimate of drug-likeness (QED) is 0.530. The number of aryl methyl sites for hydroxylation is 1. The molecule has 4 aromatic rings. The summed E-state index contributed by atoms with van der Waals surface area (Å²) in [7, 11) is 1.91. The largest absolute Gasteiger partial charge is 0.368 e. The van der Waals surface area contributed by atoms with Crippen LogP contribution in [0.25, 0.3) is 21.9 Å². The second kappa shape index (κ2) is 7.63. The minimum Gasteiger partial charge on any atom is -0.368 e. The van der Waals surface area contributed by atoms with Crippen molar-refractivity contribution in [3.8, 4) is 11.1 Å². The number of carbonyl (C=O) groups excluding carboxylic acids is 1. The number of carbonyl (C=O) groups is 1. The lowest BCUT2D eigenvalue weighted by Gasteiger charge is -2.36. The summed E-state index contributed by atoms with van der Waals surface area (Å²) in [5.41, 5.74) is 4.07. The van der Waals surface area contributed by atoms with Crippen LogP contribution < -0.4 is 4.90 Å². The Bertz CT molecular complexity index is 1190. The third-order valence-corrected chi connectivity index (χ3v) is 5.77.